The zero-order chi connectivity index (χ0) is 15.4. The van der Waals surface area contributed by atoms with E-state index in [1.54, 1.807) is 6.20 Å². The zero-order valence-electron chi connectivity index (χ0n) is 13.4. The normalized spacial score (nSPS) is 22.4. The fourth-order valence-electron chi connectivity index (χ4n) is 4.56. The third-order valence-electron chi connectivity index (χ3n) is 6.29. The summed E-state index contributed by atoms with van der Waals surface area (Å²) in [6, 6.07) is 2.06. The molecule has 2 aliphatic rings. The highest BCUT2D eigenvalue weighted by Crippen LogP contribution is 2.53. The molecule has 1 saturated carbocycles. The fourth-order valence-corrected chi connectivity index (χ4v) is 4.56. The lowest BCUT2D eigenvalue weighted by Gasteiger charge is -2.45. The molecule has 1 aliphatic heterocycles. The molecule has 2 aromatic heterocycles. The van der Waals surface area contributed by atoms with E-state index in [-0.39, 0.29) is 5.60 Å². The first kappa shape index (κ1) is 14.3. The Morgan fingerprint density at radius 2 is 2.00 bits per heavy atom. The van der Waals surface area contributed by atoms with Crippen LogP contribution in [0, 0.1) is 5.41 Å². The van der Waals surface area contributed by atoms with Gasteiger partial charge >= 0.3 is 7.12 Å². The van der Waals surface area contributed by atoms with Crippen LogP contribution in [0.25, 0.3) is 11.0 Å². The molecule has 4 rings (SSSR count). The molecule has 3 heterocycles. The summed E-state index contributed by atoms with van der Waals surface area (Å²) in [7, 11) is -0.836. The maximum Gasteiger partial charge on any atom is 0.493 e. The van der Waals surface area contributed by atoms with Gasteiger partial charge in [-0.3, -0.25) is 0 Å². The van der Waals surface area contributed by atoms with Gasteiger partial charge in [-0.2, -0.15) is 0 Å². The topological polar surface area (TPSA) is 58.1 Å². The first-order chi connectivity index (χ1) is 10.6. The van der Waals surface area contributed by atoms with E-state index in [4.69, 9.17) is 4.65 Å². The van der Waals surface area contributed by atoms with Crippen molar-refractivity contribution in [3.8, 4) is 0 Å². The molecule has 1 fully saturated rings. The summed E-state index contributed by atoms with van der Waals surface area (Å²) in [5.74, 6) is 0. The van der Waals surface area contributed by atoms with Gasteiger partial charge in [0, 0.05) is 23.2 Å². The first-order valence-corrected chi connectivity index (χ1v) is 8.45. The van der Waals surface area contributed by atoms with Gasteiger partial charge in [-0.05, 0) is 42.7 Å². The molecule has 0 atom stereocenters. The Hall–Kier alpha value is -1.33. The van der Waals surface area contributed by atoms with Crippen LogP contribution in [-0.4, -0.2) is 22.1 Å². The molecule has 116 valence electrons. The lowest BCUT2D eigenvalue weighted by Crippen LogP contribution is -2.38. The summed E-state index contributed by atoms with van der Waals surface area (Å²) in [4.78, 5) is 7.58. The third kappa shape index (κ3) is 1.82. The predicted octanol–water partition coefficient (Wildman–Crippen LogP) is 2.86. The van der Waals surface area contributed by atoms with Gasteiger partial charge < -0.3 is 14.7 Å². The number of rotatable bonds is 2. The number of aromatic amines is 1. The van der Waals surface area contributed by atoms with Gasteiger partial charge in [-0.25, -0.2) is 4.98 Å². The van der Waals surface area contributed by atoms with Crippen LogP contribution >= 0.6 is 0 Å². The van der Waals surface area contributed by atoms with Crippen molar-refractivity contribution in [1.29, 1.82) is 0 Å². The van der Waals surface area contributed by atoms with Gasteiger partial charge in [0.2, 0.25) is 0 Å². The highest BCUT2D eigenvalue weighted by atomic mass is 16.5. The van der Waals surface area contributed by atoms with Crippen molar-refractivity contribution in [2.24, 2.45) is 5.41 Å². The molecule has 0 amide bonds. The third-order valence-corrected chi connectivity index (χ3v) is 6.29. The summed E-state index contributed by atoms with van der Waals surface area (Å²) in [5, 5.41) is 11.5. The van der Waals surface area contributed by atoms with Crippen molar-refractivity contribution in [2.75, 3.05) is 0 Å². The van der Waals surface area contributed by atoms with Crippen molar-refractivity contribution in [1.82, 2.24) is 9.97 Å². The minimum atomic E-state index is -0.836. The summed E-state index contributed by atoms with van der Waals surface area (Å²) >= 11 is 0. The lowest BCUT2D eigenvalue weighted by molar-refractivity contribution is -0.0215. The largest absolute Gasteiger partial charge is 0.493 e. The van der Waals surface area contributed by atoms with Crippen LogP contribution in [0.2, 0.25) is 0 Å². The summed E-state index contributed by atoms with van der Waals surface area (Å²) in [6.45, 7) is 4.60. The molecule has 0 aromatic carbocycles. The van der Waals surface area contributed by atoms with E-state index in [1.165, 1.54) is 31.2 Å². The van der Waals surface area contributed by atoms with E-state index in [0.717, 1.165) is 29.3 Å². The minimum absolute atomic E-state index is 0.327. The van der Waals surface area contributed by atoms with Crippen LogP contribution in [-0.2, 0) is 10.3 Å². The van der Waals surface area contributed by atoms with Crippen molar-refractivity contribution in [3.63, 3.8) is 0 Å². The minimum Gasteiger partial charge on any atom is -0.423 e. The Balaban J connectivity index is 1.79. The van der Waals surface area contributed by atoms with Crippen molar-refractivity contribution < 1.29 is 9.68 Å². The van der Waals surface area contributed by atoms with Crippen LogP contribution < -0.4 is 5.46 Å². The zero-order valence-corrected chi connectivity index (χ0v) is 13.4. The van der Waals surface area contributed by atoms with Crippen molar-refractivity contribution in [3.05, 3.63) is 24.0 Å². The van der Waals surface area contributed by atoms with Gasteiger partial charge in [-0.15, -0.1) is 0 Å². The quantitative estimate of drug-likeness (QED) is 0.838. The number of hydrogen-bond donors (Lipinski definition) is 2. The fraction of sp³-hybridized carbons (Fsp3) is 0.588. The Morgan fingerprint density at radius 1 is 1.27 bits per heavy atom. The van der Waals surface area contributed by atoms with E-state index in [0.29, 0.717) is 5.41 Å². The molecule has 0 radical (unpaired) electrons. The number of H-pyrrole nitrogens is 1. The Labute approximate surface area is 131 Å². The van der Waals surface area contributed by atoms with Gasteiger partial charge in [-0.1, -0.05) is 26.7 Å². The second kappa shape index (κ2) is 4.83. The van der Waals surface area contributed by atoms with Crippen LogP contribution in [0.5, 0.6) is 0 Å². The Kier molecular flexibility index (Phi) is 3.14. The first-order valence-electron chi connectivity index (χ1n) is 8.45. The SMILES string of the molecule is CCC1(CC)CCC2(CC1)OB(O)c1cnc3[nH]ccc3c12. The maximum atomic E-state index is 10.4. The monoisotopic (exact) mass is 298 g/mol. The highest BCUT2D eigenvalue weighted by Gasteiger charge is 2.51. The van der Waals surface area contributed by atoms with E-state index >= 15 is 0 Å². The Bertz CT molecular complexity index is 698. The molecule has 2 aromatic rings. The second-order valence-electron chi connectivity index (χ2n) is 7.00. The van der Waals surface area contributed by atoms with Crippen molar-refractivity contribution >= 4 is 23.6 Å². The smallest absolute Gasteiger partial charge is 0.423 e. The van der Waals surface area contributed by atoms with Gasteiger partial charge in [0.15, 0.2) is 0 Å². The molecule has 0 bridgehead atoms. The molecule has 2 N–H and O–H groups in total. The molecule has 5 heteroatoms. The molecule has 0 unspecified atom stereocenters. The number of pyridine rings is 1. The van der Waals surface area contributed by atoms with Crippen molar-refractivity contribution in [2.45, 2.75) is 58.0 Å². The molecule has 1 spiro atoms. The van der Waals surface area contributed by atoms with Crippen LogP contribution in [0.15, 0.2) is 18.5 Å². The number of nitrogens with one attached hydrogen (secondary N) is 1. The van der Waals surface area contributed by atoms with E-state index in [1.807, 2.05) is 6.20 Å². The molecule has 1 aliphatic carbocycles. The average Bonchev–Trinajstić information content (AvgIpc) is 3.12. The molecule has 0 saturated heterocycles. The van der Waals surface area contributed by atoms with Crippen LogP contribution in [0.3, 0.4) is 0 Å². The van der Waals surface area contributed by atoms with Crippen LogP contribution in [0.1, 0.15) is 57.9 Å². The van der Waals surface area contributed by atoms with Gasteiger partial charge in [0.1, 0.15) is 5.65 Å². The van der Waals surface area contributed by atoms with E-state index in [9.17, 15) is 5.02 Å². The number of nitrogens with zero attached hydrogens (tertiary/aromatic N) is 1. The molecular formula is C17H23BN2O2. The standard InChI is InChI=1S/C17H23BN2O2/c1-3-16(4-2)6-8-17(9-7-16)14-12-5-10-19-15(12)20-11-13(14)18(21)22-17/h5,10-11,21H,3-4,6-9H2,1-2H3,(H,19,20). The van der Waals surface area contributed by atoms with Gasteiger partial charge in [0.25, 0.3) is 0 Å². The highest BCUT2D eigenvalue weighted by molar-refractivity contribution is 6.62. The predicted molar refractivity (Wildman–Crippen MR) is 87.9 cm³/mol. The number of fused-ring (bicyclic) bond motifs is 4. The number of hydrogen-bond acceptors (Lipinski definition) is 3. The molecular weight excluding hydrogens is 275 g/mol. The lowest BCUT2D eigenvalue weighted by atomic mass is 9.64. The molecule has 4 nitrogen and oxygen atoms in total. The summed E-state index contributed by atoms with van der Waals surface area (Å²) < 4.78 is 6.12. The Morgan fingerprint density at radius 3 is 2.68 bits per heavy atom. The van der Waals surface area contributed by atoms with E-state index < -0.39 is 7.12 Å². The summed E-state index contributed by atoms with van der Waals surface area (Å²) in [6.07, 6.45) is 10.5. The van der Waals surface area contributed by atoms with Crippen LogP contribution in [0.4, 0.5) is 0 Å². The van der Waals surface area contributed by atoms with Gasteiger partial charge in [0.05, 0.1) is 5.60 Å². The molecule has 22 heavy (non-hydrogen) atoms. The summed E-state index contributed by atoms with van der Waals surface area (Å²) in [5.41, 5.74) is 3.04. The second-order valence-corrected chi connectivity index (χ2v) is 7.00. The average molecular weight is 298 g/mol. The number of aromatic nitrogens is 2. The van der Waals surface area contributed by atoms with E-state index in [2.05, 4.69) is 29.9 Å². The maximum absolute atomic E-state index is 10.4.